The van der Waals surface area contributed by atoms with Crippen LogP contribution in [0.25, 0.3) is 11.1 Å². The van der Waals surface area contributed by atoms with E-state index in [-0.39, 0.29) is 18.0 Å². The number of amides is 2. The minimum absolute atomic E-state index is 0.00714. The lowest BCUT2D eigenvalue weighted by molar-refractivity contribution is -0.121. The summed E-state index contributed by atoms with van der Waals surface area (Å²) >= 11 is 1.30. The molecule has 6 heterocycles. The Morgan fingerprint density at radius 2 is 1.90 bits per heavy atom. The molecule has 8 rings (SSSR count). The highest BCUT2D eigenvalue weighted by atomic mass is 32.1. The van der Waals surface area contributed by atoms with Crippen LogP contribution in [-0.4, -0.2) is 56.4 Å². The van der Waals surface area contributed by atoms with E-state index in [2.05, 4.69) is 37.6 Å². The molecule has 0 radical (unpaired) electrons. The number of aryl methyl sites for hydroxylation is 1. The Balaban J connectivity index is 1.09. The maximum atomic E-state index is 15.7. The summed E-state index contributed by atoms with van der Waals surface area (Å²) in [5.74, 6) is -1.23. The van der Waals surface area contributed by atoms with Crippen LogP contribution in [0.4, 0.5) is 15.2 Å². The number of benzene rings is 2. The third kappa shape index (κ3) is 4.30. The summed E-state index contributed by atoms with van der Waals surface area (Å²) < 4.78 is 17.7. The van der Waals surface area contributed by atoms with Crippen molar-refractivity contribution in [2.45, 2.75) is 56.9 Å². The molecule has 0 aliphatic carbocycles. The van der Waals surface area contributed by atoms with Crippen LogP contribution in [0.3, 0.4) is 0 Å². The lowest BCUT2D eigenvalue weighted by Gasteiger charge is -2.34. The molecule has 2 amide bonds. The number of piperazine rings is 1. The summed E-state index contributed by atoms with van der Waals surface area (Å²) in [7, 11) is 0. The number of anilines is 2. The van der Waals surface area contributed by atoms with Crippen LogP contribution in [0.2, 0.25) is 0 Å². The van der Waals surface area contributed by atoms with E-state index in [1.165, 1.54) is 35.1 Å². The first-order chi connectivity index (χ1) is 20.5. The van der Waals surface area contributed by atoms with E-state index in [0.717, 1.165) is 49.4 Å². The fraction of sp³-hybridized carbons (Fsp3) is 0.355. The Kier molecular flexibility index (Phi) is 6.11. The van der Waals surface area contributed by atoms with Gasteiger partial charge in [-0.2, -0.15) is 0 Å². The van der Waals surface area contributed by atoms with Crippen LogP contribution in [0.15, 0.2) is 54.3 Å². The number of hydrogen-bond donors (Lipinski definition) is 2. The third-order valence-corrected chi connectivity index (χ3v) is 9.76. The van der Waals surface area contributed by atoms with Crippen LogP contribution in [0.5, 0.6) is 0 Å². The molecule has 42 heavy (non-hydrogen) atoms. The van der Waals surface area contributed by atoms with Crippen LogP contribution in [0.1, 0.15) is 52.6 Å². The second kappa shape index (κ2) is 10.0. The Hall–Kier alpha value is -4.09. The number of thiazole rings is 1. The van der Waals surface area contributed by atoms with Crippen LogP contribution >= 0.6 is 11.3 Å². The lowest BCUT2D eigenvalue weighted by Crippen LogP contribution is -2.51. The van der Waals surface area contributed by atoms with Crippen LogP contribution in [0, 0.1) is 5.82 Å². The Bertz CT molecular complexity index is 1670. The Labute approximate surface area is 246 Å². The molecule has 214 valence electrons. The van der Waals surface area contributed by atoms with Crippen molar-refractivity contribution in [1.82, 2.24) is 24.8 Å². The first kappa shape index (κ1) is 25.6. The third-order valence-electron chi connectivity index (χ3n) is 9.07. The van der Waals surface area contributed by atoms with Gasteiger partial charge in [-0.25, -0.2) is 14.4 Å². The Morgan fingerprint density at radius 3 is 2.67 bits per heavy atom. The normalized spacial score (nSPS) is 21.5. The summed E-state index contributed by atoms with van der Waals surface area (Å²) in [5.41, 5.74) is 4.71. The average Bonchev–Trinajstić information content (AvgIpc) is 3.83. The van der Waals surface area contributed by atoms with E-state index in [1.807, 2.05) is 16.7 Å². The van der Waals surface area contributed by atoms with E-state index >= 15 is 4.39 Å². The molecule has 4 aliphatic heterocycles. The zero-order valence-corrected chi connectivity index (χ0v) is 23.7. The number of hydrogen-bond acceptors (Lipinski definition) is 7. The minimum Gasteiger partial charge on any atom is -0.368 e. The largest absolute Gasteiger partial charge is 0.368 e. The van der Waals surface area contributed by atoms with Crippen molar-refractivity contribution in [2.24, 2.45) is 0 Å². The predicted molar refractivity (Wildman–Crippen MR) is 158 cm³/mol. The smallest absolute Gasteiger partial charge is 0.255 e. The summed E-state index contributed by atoms with van der Waals surface area (Å²) in [4.78, 5) is 40.2. The fourth-order valence-corrected chi connectivity index (χ4v) is 7.57. The summed E-state index contributed by atoms with van der Waals surface area (Å²) in [6.07, 6.45) is 7.49. The minimum atomic E-state index is -1.00. The fourth-order valence-electron chi connectivity index (χ4n) is 7.04. The highest BCUT2D eigenvalue weighted by Crippen LogP contribution is 2.38. The number of aromatic nitrogens is 3. The summed E-state index contributed by atoms with van der Waals surface area (Å²) in [6, 6.07) is 11.5. The SMILES string of the molecule is O=C(Nc1nccs1)C(c1ncn2c1CCC2)N1Cc2c(F)cc(-c3ccc(N4CC5CCC(C4)N5)cc3)cc2C1=O. The molecule has 2 aromatic heterocycles. The zero-order valence-electron chi connectivity index (χ0n) is 22.9. The maximum absolute atomic E-state index is 15.7. The monoisotopic (exact) mass is 583 g/mol. The van der Waals surface area contributed by atoms with Crippen molar-refractivity contribution in [1.29, 1.82) is 0 Å². The number of nitrogens with one attached hydrogen (secondary N) is 2. The molecule has 11 heteroatoms. The summed E-state index contributed by atoms with van der Waals surface area (Å²) in [6.45, 7) is 2.80. The molecule has 0 saturated carbocycles. The van der Waals surface area contributed by atoms with Gasteiger partial charge in [0.05, 0.1) is 18.6 Å². The Morgan fingerprint density at radius 1 is 1.10 bits per heavy atom. The van der Waals surface area contributed by atoms with E-state index in [0.29, 0.717) is 34.0 Å². The number of halogens is 1. The first-order valence-electron chi connectivity index (χ1n) is 14.5. The molecule has 2 fully saturated rings. The standard InChI is InChI=1S/C31H30FN7O2S/c32-25-13-19(18-3-7-22(8-4-18)38-14-20-5-6-21(15-38)35-20)12-23-24(25)16-39(30(23)41)28(29(40)36-31-33-9-11-42-31)27-26-2-1-10-37(26)17-34-27/h3-4,7-9,11-13,17,20-21,28,35H,1-2,5-6,10,14-16H2,(H,33,36,40). The topological polar surface area (TPSA) is 95.4 Å². The highest BCUT2D eigenvalue weighted by Gasteiger charge is 2.42. The number of rotatable bonds is 6. The second-order valence-electron chi connectivity index (χ2n) is 11.6. The number of nitrogens with zero attached hydrogens (tertiary/aromatic N) is 5. The van der Waals surface area contributed by atoms with Gasteiger partial charge >= 0.3 is 0 Å². The van der Waals surface area contributed by atoms with E-state index in [9.17, 15) is 9.59 Å². The van der Waals surface area contributed by atoms with Crippen LogP contribution in [-0.2, 0) is 24.3 Å². The number of carbonyl (C=O) groups is 2. The number of carbonyl (C=O) groups excluding carboxylic acids is 2. The van der Waals surface area contributed by atoms with Gasteiger partial charge in [0.25, 0.3) is 11.8 Å². The average molecular weight is 584 g/mol. The molecule has 2 bridgehead atoms. The highest BCUT2D eigenvalue weighted by molar-refractivity contribution is 7.13. The molecule has 4 aliphatic rings. The van der Waals surface area contributed by atoms with Crippen molar-refractivity contribution in [2.75, 3.05) is 23.3 Å². The summed E-state index contributed by atoms with van der Waals surface area (Å²) in [5, 5.41) is 8.71. The lowest BCUT2D eigenvalue weighted by atomic mass is 9.99. The van der Waals surface area contributed by atoms with Gasteiger partial charge in [-0.15, -0.1) is 11.3 Å². The van der Waals surface area contributed by atoms with Crippen LogP contribution < -0.4 is 15.5 Å². The van der Waals surface area contributed by atoms with Gasteiger partial charge < -0.3 is 19.7 Å². The molecule has 3 unspecified atom stereocenters. The zero-order chi connectivity index (χ0) is 28.4. The maximum Gasteiger partial charge on any atom is 0.255 e. The van der Waals surface area contributed by atoms with Gasteiger partial charge in [-0.3, -0.25) is 14.9 Å². The van der Waals surface area contributed by atoms with Crippen molar-refractivity contribution < 1.29 is 14.0 Å². The first-order valence-corrected chi connectivity index (χ1v) is 15.4. The quantitative estimate of drug-likeness (QED) is 0.350. The van der Waals surface area contributed by atoms with Crippen molar-refractivity contribution in [3.05, 3.63) is 82.6 Å². The predicted octanol–water partition coefficient (Wildman–Crippen LogP) is 4.37. The molecule has 4 aromatic rings. The van der Waals surface area contributed by atoms with Gasteiger partial charge in [-0.1, -0.05) is 12.1 Å². The van der Waals surface area contributed by atoms with Gasteiger partial charge in [0.1, 0.15) is 5.82 Å². The second-order valence-corrected chi connectivity index (χ2v) is 12.5. The van der Waals surface area contributed by atoms with Crippen molar-refractivity contribution in [3.8, 4) is 11.1 Å². The van der Waals surface area contributed by atoms with Gasteiger partial charge in [0.2, 0.25) is 0 Å². The van der Waals surface area contributed by atoms with Crippen molar-refractivity contribution in [3.63, 3.8) is 0 Å². The molecular weight excluding hydrogens is 553 g/mol. The molecular formula is C31H30FN7O2S. The molecule has 3 atom stereocenters. The van der Waals surface area contributed by atoms with E-state index in [4.69, 9.17) is 0 Å². The van der Waals surface area contributed by atoms with Crippen molar-refractivity contribution >= 4 is 34.0 Å². The number of imidazole rings is 1. The van der Waals surface area contributed by atoms with Gasteiger partial charge in [-0.05, 0) is 61.1 Å². The molecule has 2 aromatic carbocycles. The molecule has 9 nitrogen and oxygen atoms in total. The van der Waals surface area contributed by atoms with E-state index in [1.54, 1.807) is 24.0 Å². The van der Waals surface area contributed by atoms with E-state index < -0.39 is 17.8 Å². The molecule has 2 saturated heterocycles. The number of fused-ring (bicyclic) bond motifs is 4. The van der Waals surface area contributed by atoms with Gasteiger partial charge in [0.15, 0.2) is 11.2 Å². The molecule has 0 spiro atoms. The molecule has 2 N–H and O–H groups in total. The van der Waals surface area contributed by atoms with Gasteiger partial charge in [0, 0.05) is 65.8 Å².